The highest BCUT2D eigenvalue weighted by Gasteiger charge is 2.57. The van der Waals surface area contributed by atoms with E-state index in [1.54, 1.807) is 23.1 Å². The summed E-state index contributed by atoms with van der Waals surface area (Å²) in [5.41, 5.74) is 1.81. The number of benzene rings is 2. The van der Waals surface area contributed by atoms with Crippen molar-refractivity contribution in [3.8, 4) is 5.75 Å². The zero-order valence-electron chi connectivity index (χ0n) is 15.1. The normalized spacial score (nSPS) is 17.6. The minimum atomic E-state index is -1.55. The van der Waals surface area contributed by atoms with Crippen LogP contribution in [-0.2, 0) is 26.6 Å². The molecule has 2 heterocycles. The standard InChI is InChI=1S/C21H19Cl2NO4/c1-2-10-26-17-7-4-3-6-14(17)13-24-19-16(23)9-8-15(22)18(19)21(20(24)25)27-11-5-12-28-21/h2-4,6-9H,1,5,10-13H2. The Morgan fingerprint density at radius 1 is 1.14 bits per heavy atom. The van der Waals surface area contributed by atoms with E-state index < -0.39 is 5.79 Å². The summed E-state index contributed by atoms with van der Waals surface area (Å²) in [6, 6.07) is 10.8. The van der Waals surface area contributed by atoms with E-state index in [1.807, 2.05) is 24.3 Å². The molecule has 7 heteroatoms. The molecule has 0 atom stereocenters. The molecule has 0 radical (unpaired) electrons. The fourth-order valence-corrected chi connectivity index (χ4v) is 4.09. The molecule has 0 unspecified atom stereocenters. The fraction of sp³-hybridized carbons (Fsp3) is 0.286. The summed E-state index contributed by atoms with van der Waals surface area (Å²) in [6.07, 6.45) is 2.38. The summed E-state index contributed by atoms with van der Waals surface area (Å²) in [5.74, 6) is -1.22. The largest absolute Gasteiger partial charge is 0.489 e. The van der Waals surface area contributed by atoms with Crippen LogP contribution < -0.4 is 9.64 Å². The molecule has 2 aromatic carbocycles. The van der Waals surface area contributed by atoms with Crippen LogP contribution in [0.5, 0.6) is 5.75 Å². The molecule has 1 fully saturated rings. The van der Waals surface area contributed by atoms with Gasteiger partial charge in [0.15, 0.2) is 0 Å². The Balaban J connectivity index is 1.79. The van der Waals surface area contributed by atoms with Gasteiger partial charge in [-0.25, -0.2) is 0 Å². The van der Waals surface area contributed by atoms with Gasteiger partial charge in [-0.1, -0.05) is 54.1 Å². The molecule has 2 aliphatic heterocycles. The molecule has 0 saturated carbocycles. The molecule has 146 valence electrons. The summed E-state index contributed by atoms with van der Waals surface area (Å²) >= 11 is 13.0. The molecule has 0 N–H and O–H groups in total. The fourth-order valence-electron chi connectivity index (χ4n) is 3.55. The summed E-state index contributed by atoms with van der Waals surface area (Å²) < 4.78 is 17.5. The maximum atomic E-state index is 13.5. The number of rotatable bonds is 5. The summed E-state index contributed by atoms with van der Waals surface area (Å²) in [7, 11) is 0. The second-order valence-electron chi connectivity index (χ2n) is 6.52. The minimum absolute atomic E-state index is 0.244. The van der Waals surface area contributed by atoms with Gasteiger partial charge >= 0.3 is 0 Å². The Labute approximate surface area is 173 Å². The van der Waals surface area contributed by atoms with Crippen LogP contribution in [0, 0.1) is 0 Å². The lowest BCUT2D eigenvalue weighted by molar-refractivity contribution is -0.256. The van der Waals surface area contributed by atoms with E-state index in [-0.39, 0.29) is 12.5 Å². The molecule has 2 aromatic rings. The Morgan fingerprint density at radius 3 is 2.61 bits per heavy atom. The van der Waals surface area contributed by atoms with Gasteiger partial charge < -0.3 is 19.1 Å². The number of para-hydroxylation sites is 1. The average Bonchev–Trinajstić information content (AvgIpc) is 2.94. The second-order valence-corrected chi connectivity index (χ2v) is 7.33. The van der Waals surface area contributed by atoms with Crippen LogP contribution in [0.3, 0.4) is 0 Å². The van der Waals surface area contributed by atoms with Crippen molar-refractivity contribution in [2.24, 2.45) is 0 Å². The van der Waals surface area contributed by atoms with Crippen LogP contribution >= 0.6 is 23.2 Å². The molecule has 1 saturated heterocycles. The first-order chi connectivity index (χ1) is 13.6. The van der Waals surface area contributed by atoms with Crippen LogP contribution in [0.25, 0.3) is 0 Å². The van der Waals surface area contributed by atoms with Gasteiger partial charge in [-0.3, -0.25) is 4.79 Å². The number of ether oxygens (including phenoxy) is 3. The van der Waals surface area contributed by atoms with Crippen molar-refractivity contribution >= 4 is 34.8 Å². The summed E-state index contributed by atoms with van der Waals surface area (Å²) in [6.45, 7) is 5.09. The summed E-state index contributed by atoms with van der Waals surface area (Å²) in [4.78, 5) is 15.0. The highest BCUT2D eigenvalue weighted by molar-refractivity contribution is 6.38. The molecule has 0 aromatic heterocycles. The third-order valence-electron chi connectivity index (χ3n) is 4.76. The lowest BCUT2D eigenvalue weighted by Gasteiger charge is -2.32. The Hall–Kier alpha value is -2.05. The lowest BCUT2D eigenvalue weighted by Crippen LogP contribution is -2.47. The van der Waals surface area contributed by atoms with E-state index in [1.165, 1.54) is 0 Å². The SMILES string of the molecule is C=CCOc1ccccc1CN1C(=O)C2(OCCCO2)c2c(Cl)ccc(Cl)c21. The highest BCUT2D eigenvalue weighted by atomic mass is 35.5. The van der Waals surface area contributed by atoms with Gasteiger partial charge in [0.2, 0.25) is 0 Å². The Morgan fingerprint density at radius 2 is 1.86 bits per heavy atom. The third kappa shape index (κ3) is 3.08. The van der Waals surface area contributed by atoms with Gasteiger partial charge in [0.1, 0.15) is 12.4 Å². The molecule has 2 aliphatic rings. The maximum absolute atomic E-state index is 13.5. The molecule has 0 bridgehead atoms. The number of halogens is 2. The Bertz CT molecular complexity index is 925. The predicted octanol–water partition coefficient (Wildman–Crippen LogP) is 4.69. The third-order valence-corrected chi connectivity index (χ3v) is 5.38. The van der Waals surface area contributed by atoms with Crippen molar-refractivity contribution in [3.05, 3.63) is 70.2 Å². The number of carbonyl (C=O) groups excluding carboxylic acids is 1. The molecule has 1 amide bonds. The number of nitrogens with zero attached hydrogens (tertiary/aromatic N) is 1. The second kappa shape index (κ2) is 7.76. The van der Waals surface area contributed by atoms with Gasteiger partial charge in [-0.05, 0) is 24.6 Å². The van der Waals surface area contributed by atoms with Crippen molar-refractivity contribution < 1.29 is 19.0 Å². The van der Waals surface area contributed by atoms with Gasteiger partial charge in [0.25, 0.3) is 11.7 Å². The van der Waals surface area contributed by atoms with Crippen molar-refractivity contribution in [1.82, 2.24) is 0 Å². The first-order valence-corrected chi connectivity index (χ1v) is 9.74. The number of hydrogen-bond acceptors (Lipinski definition) is 4. The van der Waals surface area contributed by atoms with Crippen LogP contribution in [0.1, 0.15) is 17.5 Å². The van der Waals surface area contributed by atoms with E-state index in [0.717, 1.165) is 5.56 Å². The molecule has 28 heavy (non-hydrogen) atoms. The van der Waals surface area contributed by atoms with Gasteiger partial charge in [-0.15, -0.1) is 0 Å². The van der Waals surface area contributed by atoms with Crippen molar-refractivity contribution in [2.75, 3.05) is 24.7 Å². The number of anilines is 1. The first kappa shape index (κ1) is 19.3. The van der Waals surface area contributed by atoms with E-state index in [4.69, 9.17) is 37.4 Å². The molecule has 0 aliphatic carbocycles. The number of fused-ring (bicyclic) bond motifs is 2. The minimum Gasteiger partial charge on any atom is -0.489 e. The first-order valence-electron chi connectivity index (χ1n) is 8.98. The van der Waals surface area contributed by atoms with Crippen LogP contribution in [0.2, 0.25) is 10.0 Å². The van der Waals surface area contributed by atoms with Crippen molar-refractivity contribution in [3.63, 3.8) is 0 Å². The van der Waals surface area contributed by atoms with E-state index in [2.05, 4.69) is 6.58 Å². The van der Waals surface area contributed by atoms with Crippen molar-refractivity contribution in [2.45, 2.75) is 18.8 Å². The van der Waals surface area contributed by atoms with Crippen molar-refractivity contribution in [1.29, 1.82) is 0 Å². The number of hydrogen-bond donors (Lipinski definition) is 0. The average molecular weight is 420 g/mol. The van der Waals surface area contributed by atoms with Gasteiger partial charge in [0, 0.05) is 5.56 Å². The topological polar surface area (TPSA) is 48.0 Å². The van der Waals surface area contributed by atoms with Gasteiger partial charge in [0.05, 0.1) is 41.1 Å². The van der Waals surface area contributed by atoms with Crippen LogP contribution in [0.15, 0.2) is 49.1 Å². The maximum Gasteiger partial charge on any atom is 0.292 e. The Kier molecular flexibility index (Phi) is 5.34. The molecule has 1 spiro atoms. The zero-order chi connectivity index (χ0) is 19.7. The van der Waals surface area contributed by atoms with Crippen LogP contribution in [-0.4, -0.2) is 25.7 Å². The lowest BCUT2D eigenvalue weighted by atomic mass is 10.1. The zero-order valence-corrected chi connectivity index (χ0v) is 16.6. The van der Waals surface area contributed by atoms with Gasteiger partial charge in [-0.2, -0.15) is 0 Å². The smallest absolute Gasteiger partial charge is 0.292 e. The van der Waals surface area contributed by atoms with E-state index >= 15 is 0 Å². The van der Waals surface area contributed by atoms with Crippen LogP contribution in [0.4, 0.5) is 5.69 Å². The quantitative estimate of drug-likeness (QED) is 0.659. The number of carbonyl (C=O) groups is 1. The molecular weight excluding hydrogens is 401 g/mol. The number of amides is 1. The molecule has 5 nitrogen and oxygen atoms in total. The monoisotopic (exact) mass is 419 g/mol. The molecular formula is C21H19Cl2NO4. The van der Waals surface area contributed by atoms with E-state index in [0.29, 0.717) is 53.3 Å². The highest BCUT2D eigenvalue weighted by Crippen LogP contribution is 2.51. The van der Waals surface area contributed by atoms with E-state index in [9.17, 15) is 4.79 Å². The summed E-state index contributed by atoms with van der Waals surface area (Å²) in [5, 5.41) is 0.792. The predicted molar refractivity (Wildman–Crippen MR) is 108 cm³/mol. The molecule has 4 rings (SSSR count).